The summed E-state index contributed by atoms with van der Waals surface area (Å²) < 4.78 is 5.66. The van der Waals surface area contributed by atoms with Gasteiger partial charge in [-0.15, -0.1) is 0 Å². The average molecular weight is 277 g/mol. The minimum absolute atomic E-state index is 0.275. The lowest BCUT2D eigenvalue weighted by Gasteiger charge is -2.18. The van der Waals surface area contributed by atoms with Gasteiger partial charge in [0.1, 0.15) is 12.4 Å². The molecule has 0 bridgehead atoms. The topological polar surface area (TPSA) is 70.7 Å². The van der Waals surface area contributed by atoms with Crippen LogP contribution in [-0.4, -0.2) is 43.6 Å². The molecule has 0 saturated carbocycles. The molecule has 2 N–H and O–H groups in total. The molecule has 0 spiro atoms. The fourth-order valence-electron chi connectivity index (χ4n) is 2.08. The summed E-state index contributed by atoms with van der Waals surface area (Å²) >= 11 is 0. The van der Waals surface area contributed by atoms with Crippen LogP contribution in [0.1, 0.15) is 12.0 Å². The second kappa shape index (κ2) is 6.91. The van der Waals surface area contributed by atoms with E-state index in [1.54, 1.807) is 0 Å². The molecule has 1 aromatic rings. The Morgan fingerprint density at radius 2 is 2.15 bits per heavy atom. The summed E-state index contributed by atoms with van der Waals surface area (Å²) in [5, 5.41) is 4.61. The van der Waals surface area contributed by atoms with Gasteiger partial charge >= 0.3 is 6.03 Å². The summed E-state index contributed by atoms with van der Waals surface area (Å²) in [5.74, 6) is 0.632. The lowest BCUT2D eigenvalue weighted by Crippen LogP contribution is -2.39. The molecule has 3 amide bonds. The van der Waals surface area contributed by atoms with Gasteiger partial charge in [-0.1, -0.05) is 18.2 Å². The highest BCUT2D eigenvalue weighted by Crippen LogP contribution is 2.22. The third-order valence-corrected chi connectivity index (χ3v) is 3.17. The summed E-state index contributed by atoms with van der Waals surface area (Å²) in [6.45, 7) is 2.72. The largest absolute Gasteiger partial charge is 0.492 e. The highest BCUT2D eigenvalue weighted by molar-refractivity contribution is 5.94. The van der Waals surface area contributed by atoms with Gasteiger partial charge < -0.3 is 10.1 Å². The van der Waals surface area contributed by atoms with Gasteiger partial charge in [0.2, 0.25) is 5.91 Å². The minimum Gasteiger partial charge on any atom is -0.492 e. The van der Waals surface area contributed by atoms with Crippen LogP contribution in [0.15, 0.2) is 24.3 Å². The van der Waals surface area contributed by atoms with E-state index in [9.17, 15) is 9.59 Å². The van der Waals surface area contributed by atoms with E-state index in [0.717, 1.165) is 24.4 Å². The number of hydrogen-bond donors (Lipinski definition) is 2. The highest BCUT2D eigenvalue weighted by atomic mass is 16.5. The van der Waals surface area contributed by atoms with Crippen LogP contribution in [0, 0.1) is 0 Å². The molecule has 1 aliphatic heterocycles. The first kappa shape index (κ1) is 14.3. The molecule has 0 saturated heterocycles. The quantitative estimate of drug-likeness (QED) is 0.854. The Hall–Kier alpha value is -2.08. The number of benzene rings is 1. The zero-order valence-electron chi connectivity index (χ0n) is 11.5. The van der Waals surface area contributed by atoms with Gasteiger partial charge in [0.25, 0.3) is 0 Å². The molecule has 1 heterocycles. The number of carbonyl (C=O) groups is 2. The van der Waals surface area contributed by atoms with Crippen LogP contribution in [0.5, 0.6) is 5.75 Å². The average Bonchev–Trinajstić information content (AvgIpc) is 2.66. The number of para-hydroxylation sites is 1. The minimum atomic E-state index is -0.473. The van der Waals surface area contributed by atoms with Crippen LogP contribution in [0.25, 0.3) is 0 Å². The molecule has 2 rings (SSSR count). The van der Waals surface area contributed by atoms with Crippen molar-refractivity contribution in [2.24, 2.45) is 0 Å². The maximum Gasteiger partial charge on any atom is 0.321 e. The lowest BCUT2D eigenvalue weighted by molar-refractivity contribution is -0.120. The van der Waals surface area contributed by atoms with Crippen molar-refractivity contribution < 1.29 is 14.3 Å². The van der Waals surface area contributed by atoms with Crippen molar-refractivity contribution in [2.45, 2.75) is 13.0 Å². The van der Waals surface area contributed by atoms with Gasteiger partial charge in [-0.25, -0.2) is 4.79 Å². The molecule has 0 atom stereocenters. The fraction of sp³-hybridized carbons (Fsp3) is 0.429. The maximum absolute atomic E-state index is 11.6. The third-order valence-electron chi connectivity index (χ3n) is 3.17. The second-order valence-corrected chi connectivity index (χ2v) is 4.61. The number of ether oxygens (including phenoxy) is 1. The van der Waals surface area contributed by atoms with Crippen molar-refractivity contribution in [2.75, 3.05) is 26.7 Å². The van der Waals surface area contributed by atoms with Crippen molar-refractivity contribution in [3.05, 3.63) is 29.8 Å². The molecule has 6 nitrogen and oxygen atoms in total. The number of urea groups is 1. The second-order valence-electron chi connectivity index (χ2n) is 4.61. The fourth-order valence-corrected chi connectivity index (χ4v) is 2.08. The van der Waals surface area contributed by atoms with E-state index in [0.29, 0.717) is 13.2 Å². The zero-order valence-corrected chi connectivity index (χ0v) is 11.5. The predicted molar refractivity (Wildman–Crippen MR) is 74.4 cm³/mol. The van der Waals surface area contributed by atoms with Crippen LogP contribution in [0.4, 0.5) is 4.79 Å². The molecule has 6 heteroatoms. The Labute approximate surface area is 118 Å². The van der Waals surface area contributed by atoms with E-state index in [1.807, 2.05) is 24.3 Å². The SMILES string of the molecule is CNC(=O)NC(=O)CCN1CCOc2ccccc2C1. The van der Waals surface area contributed by atoms with E-state index in [2.05, 4.69) is 15.5 Å². The lowest BCUT2D eigenvalue weighted by atomic mass is 10.2. The van der Waals surface area contributed by atoms with Gasteiger partial charge in [0.05, 0.1) is 0 Å². The molecular weight excluding hydrogens is 258 g/mol. The zero-order chi connectivity index (χ0) is 14.4. The van der Waals surface area contributed by atoms with Gasteiger partial charge in [-0.05, 0) is 6.07 Å². The van der Waals surface area contributed by atoms with Gasteiger partial charge in [0.15, 0.2) is 0 Å². The Morgan fingerprint density at radius 1 is 1.35 bits per heavy atom. The van der Waals surface area contributed by atoms with Crippen molar-refractivity contribution >= 4 is 11.9 Å². The van der Waals surface area contributed by atoms with Crippen molar-refractivity contribution in [1.29, 1.82) is 0 Å². The van der Waals surface area contributed by atoms with Crippen LogP contribution in [0.3, 0.4) is 0 Å². The Morgan fingerprint density at radius 3 is 2.95 bits per heavy atom. The normalized spacial score (nSPS) is 14.7. The smallest absolute Gasteiger partial charge is 0.321 e. The molecular formula is C14H19N3O3. The number of carbonyl (C=O) groups excluding carboxylic acids is 2. The van der Waals surface area contributed by atoms with Crippen LogP contribution < -0.4 is 15.4 Å². The molecule has 1 aromatic carbocycles. The van der Waals surface area contributed by atoms with Gasteiger partial charge in [-0.3, -0.25) is 15.0 Å². The summed E-state index contributed by atoms with van der Waals surface area (Å²) in [7, 11) is 1.48. The van der Waals surface area contributed by atoms with E-state index in [1.165, 1.54) is 7.05 Å². The summed E-state index contributed by atoms with van der Waals surface area (Å²) in [5.41, 5.74) is 1.12. The molecule has 0 aliphatic carbocycles. The predicted octanol–water partition coefficient (Wildman–Crippen LogP) is 0.727. The number of imide groups is 1. The van der Waals surface area contributed by atoms with Crippen molar-refractivity contribution in [3.8, 4) is 5.75 Å². The summed E-state index contributed by atoms with van der Waals surface area (Å²) in [4.78, 5) is 24.7. The molecule has 0 unspecified atom stereocenters. The van der Waals surface area contributed by atoms with Crippen molar-refractivity contribution in [3.63, 3.8) is 0 Å². The Balaban J connectivity index is 1.85. The first-order chi connectivity index (χ1) is 9.69. The van der Waals surface area contributed by atoms with E-state index >= 15 is 0 Å². The standard InChI is InChI=1S/C14H19N3O3/c1-15-14(19)16-13(18)6-7-17-8-9-20-12-5-3-2-4-11(12)10-17/h2-5H,6-10H2,1H3,(H2,15,16,18,19). The molecule has 0 fully saturated rings. The number of amides is 3. The Bertz CT molecular complexity index is 490. The van der Waals surface area contributed by atoms with Crippen LogP contribution in [-0.2, 0) is 11.3 Å². The third kappa shape index (κ3) is 3.96. The molecule has 108 valence electrons. The monoisotopic (exact) mass is 277 g/mol. The summed E-state index contributed by atoms with van der Waals surface area (Å²) in [6, 6.07) is 7.43. The first-order valence-corrected chi connectivity index (χ1v) is 6.63. The van der Waals surface area contributed by atoms with E-state index in [-0.39, 0.29) is 12.3 Å². The molecule has 1 aliphatic rings. The van der Waals surface area contributed by atoms with Crippen LogP contribution in [0.2, 0.25) is 0 Å². The van der Waals surface area contributed by atoms with Gasteiger partial charge in [0, 0.05) is 38.7 Å². The Kier molecular flexibility index (Phi) is 4.95. The van der Waals surface area contributed by atoms with E-state index in [4.69, 9.17) is 4.74 Å². The number of nitrogens with one attached hydrogen (secondary N) is 2. The van der Waals surface area contributed by atoms with Gasteiger partial charge in [-0.2, -0.15) is 0 Å². The molecule has 0 aromatic heterocycles. The number of rotatable bonds is 3. The highest BCUT2D eigenvalue weighted by Gasteiger charge is 2.16. The number of nitrogens with zero attached hydrogens (tertiary/aromatic N) is 1. The molecule has 0 radical (unpaired) electrons. The van der Waals surface area contributed by atoms with Crippen LogP contribution >= 0.6 is 0 Å². The first-order valence-electron chi connectivity index (χ1n) is 6.63. The summed E-state index contributed by atoms with van der Waals surface area (Å²) in [6.07, 6.45) is 0.287. The maximum atomic E-state index is 11.6. The molecule has 20 heavy (non-hydrogen) atoms. The number of fused-ring (bicyclic) bond motifs is 1. The van der Waals surface area contributed by atoms with E-state index < -0.39 is 6.03 Å². The number of hydrogen-bond acceptors (Lipinski definition) is 4. The van der Waals surface area contributed by atoms with Crippen molar-refractivity contribution in [1.82, 2.24) is 15.5 Å².